The molecule has 0 spiro atoms. The molecule has 0 unspecified atom stereocenters. The first-order chi connectivity index (χ1) is 14.0. The number of aryl methyl sites for hydroxylation is 2. The lowest BCUT2D eigenvalue weighted by Crippen LogP contribution is -2.10. The van der Waals surface area contributed by atoms with Crippen molar-refractivity contribution in [2.45, 2.75) is 26.7 Å². The minimum atomic E-state index is -0.471. The Morgan fingerprint density at radius 1 is 1.14 bits per heavy atom. The molecule has 2 N–H and O–H groups in total. The highest BCUT2D eigenvalue weighted by molar-refractivity contribution is 5.94. The molecular weight excluding hydrogens is 366 g/mol. The molecule has 3 heterocycles. The molecule has 1 fully saturated rings. The predicted molar refractivity (Wildman–Crippen MR) is 110 cm³/mol. The number of rotatable bonds is 5. The fourth-order valence-electron chi connectivity index (χ4n) is 3.64. The van der Waals surface area contributed by atoms with E-state index in [9.17, 15) is 4.79 Å². The first-order valence-electron chi connectivity index (χ1n) is 9.70. The van der Waals surface area contributed by atoms with Crippen LogP contribution in [-0.2, 0) is 0 Å². The minimum Gasteiger partial charge on any atom is -0.477 e. The fourth-order valence-corrected chi connectivity index (χ4v) is 3.64. The van der Waals surface area contributed by atoms with Gasteiger partial charge in [0.1, 0.15) is 11.3 Å². The van der Waals surface area contributed by atoms with Crippen molar-refractivity contribution < 1.29 is 9.53 Å². The molecule has 1 saturated carbocycles. The number of pyridine rings is 1. The SMILES string of the molecule is Cc1nc(-c2cccc(C(N)=O)c2)n2c1c(C)nc1ccc(OCC3CC3)nc12. The maximum absolute atomic E-state index is 11.7. The molecule has 0 saturated heterocycles. The van der Waals surface area contributed by atoms with E-state index in [2.05, 4.69) is 0 Å². The van der Waals surface area contributed by atoms with E-state index in [0.717, 1.165) is 28.0 Å². The van der Waals surface area contributed by atoms with Crippen molar-refractivity contribution in [3.05, 3.63) is 53.3 Å². The first kappa shape index (κ1) is 17.6. The molecule has 3 aromatic heterocycles. The molecule has 1 aliphatic carbocycles. The highest BCUT2D eigenvalue weighted by Gasteiger charge is 2.23. The molecule has 7 heteroatoms. The number of fused-ring (bicyclic) bond motifs is 3. The predicted octanol–water partition coefficient (Wildman–Crippen LogP) is 3.45. The van der Waals surface area contributed by atoms with Crippen LogP contribution in [0.2, 0.25) is 0 Å². The molecule has 7 nitrogen and oxygen atoms in total. The van der Waals surface area contributed by atoms with E-state index < -0.39 is 5.91 Å². The average molecular weight is 387 g/mol. The lowest BCUT2D eigenvalue weighted by atomic mass is 10.1. The van der Waals surface area contributed by atoms with Gasteiger partial charge in [0.25, 0.3) is 0 Å². The van der Waals surface area contributed by atoms with Gasteiger partial charge < -0.3 is 10.5 Å². The molecule has 1 aliphatic rings. The Labute approximate surface area is 167 Å². The summed E-state index contributed by atoms with van der Waals surface area (Å²) in [5.74, 6) is 1.45. The van der Waals surface area contributed by atoms with E-state index in [4.69, 9.17) is 25.4 Å². The number of carbonyl (C=O) groups excluding carboxylic acids is 1. The van der Waals surface area contributed by atoms with Crippen molar-refractivity contribution in [1.82, 2.24) is 19.4 Å². The van der Waals surface area contributed by atoms with Crippen LogP contribution in [0.5, 0.6) is 5.88 Å². The first-order valence-corrected chi connectivity index (χ1v) is 9.70. The van der Waals surface area contributed by atoms with Crippen LogP contribution in [0.1, 0.15) is 34.6 Å². The number of hydrogen-bond acceptors (Lipinski definition) is 5. The van der Waals surface area contributed by atoms with Crippen molar-refractivity contribution >= 4 is 22.6 Å². The summed E-state index contributed by atoms with van der Waals surface area (Å²) in [6.07, 6.45) is 2.44. The lowest BCUT2D eigenvalue weighted by Gasteiger charge is -2.10. The van der Waals surface area contributed by atoms with Gasteiger partial charge in [0.2, 0.25) is 11.8 Å². The Hall–Kier alpha value is -3.48. The maximum Gasteiger partial charge on any atom is 0.248 e. The van der Waals surface area contributed by atoms with Crippen LogP contribution < -0.4 is 10.5 Å². The van der Waals surface area contributed by atoms with Gasteiger partial charge in [-0.1, -0.05) is 12.1 Å². The molecule has 1 amide bonds. The number of aromatic nitrogens is 4. The maximum atomic E-state index is 11.7. The smallest absolute Gasteiger partial charge is 0.248 e. The minimum absolute atomic E-state index is 0.438. The molecule has 0 atom stereocenters. The largest absolute Gasteiger partial charge is 0.477 e. The molecule has 0 radical (unpaired) electrons. The van der Waals surface area contributed by atoms with Gasteiger partial charge in [0, 0.05) is 17.2 Å². The van der Waals surface area contributed by atoms with Crippen molar-refractivity contribution in [3.63, 3.8) is 0 Å². The van der Waals surface area contributed by atoms with Gasteiger partial charge in [-0.15, -0.1) is 0 Å². The Kier molecular flexibility index (Phi) is 3.97. The second-order valence-electron chi connectivity index (χ2n) is 7.59. The van der Waals surface area contributed by atoms with E-state index in [1.165, 1.54) is 12.8 Å². The van der Waals surface area contributed by atoms with Gasteiger partial charge in [-0.3, -0.25) is 9.20 Å². The van der Waals surface area contributed by atoms with Crippen molar-refractivity contribution in [2.75, 3.05) is 6.61 Å². The summed E-state index contributed by atoms with van der Waals surface area (Å²) in [4.78, 5) is 25.9. The molecule has 4 aromatic rings. The van der Waals surface area contributed by atoms with Gasteiger partial charge >= 0.3 is 0 Å². The molecular formula is C22H21N5O2. The summed E-state index contributed by atoms with van der Waals surface area (Å²) in [5, 5.41) is 0. The van der Waals surface area contributed by atoms with Gasteiger partial charge in [0.05, 0.1) is 23.5 Å². The molecule has 5 rings (SSSR count). The Morgan fingerprint density at radius 3 is 2.69 bits per heavy atom. The summed E-state index contributed by atoms with van der Waals surface area (Å²) in [7, 11) is 0. The van der Waals surface area contributed by atoms with E-state index in [0.29, 0.717) is 35.4 Å². The van der Waals surface area contributed by atoms with E-state index >= 15 is 0 Å². The number of nitrogens with zero attached hydrogens (tertiary/aromatic N) is 4. The number of amides is 1. The third-order valence-corrected chi connectivity index (χ3v) is 5.29. The van der Waals surface area contributed by atoms with E-state index in [1.807, 2.05) is 36.4 Å². The quantitative estimate of drug-likeness (QED) is 0.566. The number of primary amides is 1. The summed E-state index contributed by atoms with van der Waals surface area (Å²) >= 11 is 0. The Balaban J connectivity index is 1.75. The van der Waals surface area contributed by atoms with Crippen LogP contribution in [0.15, 0.2) is 36.4 Å². The zero-order valence-electron chi connectivity index (χ0n) is 16.3. The van der Waals surface area contributed by atoms with Crippen molar-refractivity contribution in [2.24, 2.45) is 11.7 Å². The average Bonchev–Trinajstić information content (AvgIpc) is 3.48. The Bertz CT molecular complexity index is 1270. The highest BCUT2D eigenvalue weighted by atomic mass is 16.5. The zero-order valence-corrected chi connectivity index (χ0v) is 16.3. The second-order valence-corrected chi connectivity index (χ2v) is 7.59. The van der Waals surface area contributed by atoms with Gasteiger partial charge in [-0.25, -0.2) is 9.97 Å². The summed E-state index contributed by atoms with van der Waals surface area (Å²) in [5.41, 5.74) is 10.8. The number of imidazole rings is 1. The number of ether oxygens (including phenoxy) is 1. The van der Waals surface area contributed by atoms with E-state index in [-0.39, 0.29) is 0 Å². The second kappa shape index (κ2) is 6.55. The van der Waals surface area contributed by atoms with Gasteiger partial charge in [-0.2, -0.15) is 4.98 Å². The van der Waals surface area contributed by atoms with Crippen LogP contribution in [0.3, 0.4) is 0 Å². The lowest BCUT2D eigenvalue weighted by molar-refractivity contribution is 0.100. The summed E-state index contributed by atoms with van der Waals surface area (Å²) < 4.78 is 7.88. The van der Waals surface area contributed by atoms with Crippen LogP contribution in [-0.4, -0.2) is 31.9 Å². The molecule has 146 valence electrons. The van der Waals surface area contributed by atoms with Crippen LogP contribution >= 0.6 is 0 Å². The van der Waals surface area contributed by atoms with Crippen LogP contribution in [0, 0.1) is 19.8 Å². The van der Waals surface area contributed by atoms with Gasteiger partial charge in [-0.05, 0) is 50.8 Å². The van der Waals surface area contributed by atoms with E-state index in [1.54, 1.807) is 18.2 Å². The number of benzene rings is 1. The highest BCUT2D eigenvalue weighted by Crippen LogP contribution is 2.31. The number of nitrogens with two attached hydrogens (primary N) is 1. The molecule has 0 aliphatic heterocycles. The Morgan fingerprint density at radius 2 is 1.93 bits per heavy atom. The third kappa shape index (κ3) is 3.08. The van der Waals surface area contributed by atoms with Crippen molar-refractivity contribution in [3.8, 4) is 17.3 Å². The normalized spacial score (nSPS) is 13.9. The van der Waals surface area contributed by atoms with Crippen LogP contribution in [0.4, 0.5) is 0 Å². The summed E-state index contributed by atoms with van der Waals surface area (Å²) in [6, 6.07) is 11.0. The van der Waals surface area contributed by atoms with Crippen molar-refractivity contribution in [1.29, 1.82) is 0 Å². The molecule has 29 heavy (non-hydrogen) atoms. The third-order valence-electron chi connectivity index (χ3n) is 5.29. The monoisotopic (exact) mass is 387 g/mol. The molecule has 0 bridgehead atoms. The fraction of sp³-hybridized carbons (Fsp3) is 0.273. The zero-order chi connectivity index (χ0) is 20.1. The standard InChI is InChI=1S/C22H21N5O2/c1-12-19-13(2)25-21(16-5-3-4-15(10-16)20(23)28)27(19)22-17(24-12)8-9-18(26-22)29-11-14-6-7-14/h3-5,8-10,14H,6-7,11H2,1-2H3,(H2,23,28). The number of hydrogen-bond donors (Lipinski definition) is 1. The van der Waals surface area contributed by atoms with Gasteiger partial charge in [0.15, 0.2) is 5.65 Å². The topological polar surface area (TPSA) is 95.4 Å². The van der Waals surface area contributed by atoms with Crippen LogP contribution in [0.25, 0.3) is 28.1 Å². The molecule has 1 aromatic carbocycles. The number of carbonyl (C=O) groups is 1. The summed E-state index contributed by atoms with van der Waals surface area (Å²) in [6.45, 7) is 4.60.